The topological polar surface area (TPSA) is 54.0 Å². The number of para-hydroxylation sites is 1. The Hall–Kier alpha value is -2.36. The third kappa shape index (κ3) is 3.10. The van der Waals surface area contributed by atoms with Crippen molar-refractivity contribution in [1.29, 1.82) is 0 Å². The second-order valence-electron chi connectivity index (χ2n) is 4.28. The average molecular weight is 255 g/mol. The Morgan fingerprint density at radius 3 is 2.68 bits per heavy atom. The second-order valence-corrected chi connectivity index (χ2v) is 4.28. The quantitative estimate of drug-likeness (QED) is 0.883. The molecule has 0 aliphatic rings. The predicted molar refractivity (Wildman–Crippen MR) is 76.1 cm³/mol. The van der Waals surface area contributed by atoms with Crippen LogP contribution in [-0.2, 0) is 0 Å². The number of rotatable bonds is 4. The molecule has 0 saturated heterocycles. The summed E-state index contributed by atoms with van der Waals surface area (Å²) in [7, 11) is 1.80. The summed E-state index contributed by atoms with van der Waals surface area (Å²) in [5, 5.41) is 5.98. The van der Waals surface area contributed by atoms with Crippen LogP contribution in [0.4, 0.5) is 5.69 Å². The van der Waals surface area contributed by atoms with Crippen LogP contribution in [0.25, 0.3) is 0 Å². The van der Waals surface area contributed by atoms with E-state index in [9.17, 15) is 4.79 Å². The maximum Gasteiger partial charge on any atom is 0.253 e. The summed E-state index contributed by atoms with van der Waals surface area (Å²) in [4.78, 5) is 16.3. The van der Waals surface area contributed by atoms with Crippen molar-refractivity contribution in [3.05, 3.63) is 59.9 Å². The number of pyridine rings is 1. The summed E-state index contributed by atoms with van der Waals surface area (Å²) in [6, 6.07) is 11.2. The number of hydrogen-bond donors (Lipinski definition) is 2. The van der Waals surface area contributed by atoms with Gasteiger partial charge in [-0.1, -0.05) is 18.2 Å². The first kappa shape index (κ1) is 13.1. The molecule has 1 amide bonds. The molecule has 1 atom stereocenters. The highest BCUT2D eigenvalue weighted by Crippen LogP contribution is 2.16. The number of nitrogens with zero attached hydrogens (tertiary/aromatic N) is 1. The van der Waals surface area contributed by atoms with E-state index in [2.05, 4.69) is 15.6 Å². The Bertz CT molecular complexity index is 554. The van der Waals surface area contributed by atoms with Crippen LogP contribution in [0, 0.1) is 0 Å². The lowest BCUT2D eigenvalue weighted by atomic mass is 10.1. The Balaban J connectivity index is 2.13. The molecule has 1 unspecified atom stereocenters. The van der Waals surface area contributed by atoms with E-state index in [4.69, 9.17) is 0 Å². The zero-order valence-electron chi connectivity index (χ0n) is 11.1. The van der Waals surface area contributed by atoms with E-state index in [-0.39, 0.29) is 11.9 Å². The number of anilines is 1. The molecule has 1 aromatic carbocycles. The Morgan fingerprint density at radius 2 is 2.00 bits per heavy atom. The molecule has 4 nitrogen and oxygen atoms in total. The van der Waals surface area contributed by atoms with Gasteiger partial charge in [0.25, 0.3) is 5.91 Å². The van der Waals surface area contributed by atoms with Gasteiger partial charge >= 0.3 is 0 Å². The third-order valence-electron chi connectivity index (χ3n) is 2.97. The molecule has 1 heterocycles. The first-order valence-electron chi connectivity index (χ1n) is 6.20. The fourth-order valence-corrected chi connectivity index (χ4v) is 1.89. The maximum absolute atomic E-state index is 12.2. The van der Waals surface area contributed by atoms with Gasteiger partial charge < -0.3 is 10.6 Å². The van der Waals surface area contributed by atoms with Crippen molar-refractivity contribution in [2.24, 2.45) is 0 Å². The van der Waals surface area contributed by atoms with E-state index in [0.29, 0.717) is 5.56 Å². The van der Waals surface area contributed by atoms with Gasteiger partial charge in [0.15, 0.2) is 0 Å². The summed E-state index contributed by atoms with van der Waals surface area (Å²) in [5.74, 6) is -0.0960. The molecule has 0 aliphatic heterocycles. The maximum atomic E-state index is 12.2. The smallest absolute Gasteiger partial charge is 0.253 e. The van der Waals surface area contributed by atoms with E-state index in [1.807, 2.05) is 37.3 Å². The molecule has 0 radical (unpaired) electrons. The minimum absolute atomic E-state index is 0.0777. The molecule has 0 saturated carbocycles. The molecule has 98 valence electrons. The van der Waals surface area contributed by atoms with Gasteiger partial charge in [-0.05, 0) is 30.7 Å². The summed E-state index contributed by atoms with van der Waals surface area (Å²) in [6.45, 7) is 1.94. The zero-order valence-corrected chi connectivity index (χ0v) is 11.1. The lowest BCUT2D eigenvalue weighted by Gasteiger charge is -2.15. The van der Waals surface area contributed by atoms with Crippen molar-refractivity contribution in [3.8, 4) is 0 Å². The number of carbonyl (C=O) groups excluding carboxylic acids is 1. The van der Waals surface area contributed by atoms with Crippen molar-refractivity contribution in [2.45, 2.75) is 13.0 Å². The highest BCUT2D eigenvalue weighted by Gasteiger charge is 2.13. The van der Waals surface area contributed by atoms with Crippen LogP contribution in [0.15, 0.2) is 48.8 Å². The molecule has 0 spiro atoms. The van der Waals surface area contributed by atoms with Crippen molar-refractivity contribution >= 4 is 11.6 Å². The van der Waals surface area contributed by atoms with E-state index in [0.717, 1.165) is 11.3 Å². The minimum Gasteiger partial charge on any atom is -0.387 e. The molecule has 2 N–H and O–H groups in total. The molecule has 2 rings (SSSR count). The number of amides is 1. The molecule has 2 aromatic rings. The minimum atomic E-state index is -0.0960. The van der Waals surface area contributed by atoms with E-state index < -0.39 is 0 Å². The van der Waals surface area contributed by atoms with Gasteiger partial charge in [-0.15, -0.1) is 0 Å². The van der Waals surface area contributed by atoms with Crippen LogP contribution in [0.3, 0.4) is 0 Å². The van der Waals surface area contributed by atoms with Crippen LogP contribution in [0.1, 0.15) is 28.9 Å². The van der Waals surface area contributed by atoms with Crippen molar-refractivity contribution in [2.75, 3.05) is 12.4 Å². The van der Waals surface area contributed by atoms with E-state index >= 15 is 0 Å². The van der Waals surface area contributed by atoms with Crippen LogP contribution in [0.2, 0.25) is 0 Å². The number of carbonyl (C=O) groups is 1. The van der Waals surface area contributed by atoms with E-state index in [1.54, 1.807) is 25.5 Å². The second kappa shape index (κ2) is 6.00. The summed E-state index contributed by atoms with van der Waals surface area (Å²) in [6.07, 6.45) is 3.48. The lowest BCUT2D eigenvalue weighted by molar-refractivity contribution is 0.0940. The van der Waals surface area contributed by atoms with Gasteiger partial charge in [-0.3, -0.25) is 9.78 Å². The third-order valence-corrected chi connectivity index (χ3v) is 2.97. The SMILES string of the molecule is CNc1ccccc1C(=O)NC(C)c1cccnc1. The normalized spacial score (nSPS) is 11.7. The highest BCUT2D eigenvalue weighted by molar-refractivity contribution is 5.99. The number of aromatic nitrogens is 1. The molecule has 4 heteroatoms. The van der Waals surface area contributed by atoms with Gasteiger partial charge in [0.2, 0.25) is 0 Å². The summed E-state index contributed by atoms with van der Waals surface area (Å²) in [5.41, 5.74) is 2.44. The Labute approximate surface area is 112 Å². The number of hydrogen-bond acceptors (Lipinski definition) is 3. The molecular formula is C15H17N3O. The molecule has 0 fully saturated rings. The average Bonchev–Trinajstić information content (AvgIpc) is 2.48. The monoisotopic (exact) mass is 255 g/mol. The zero-order chi connectivity index (χ0) is 13.7. The fourth-order valence-electron chi connectivity index (χ4n) is 1.89. The Kier molecular flexibility index (Phi) is 4.13. The van der Waals surface area contributed by atoms with E-state index in [1.165, 1.54) is 0 Å². The van der Waals surface area contributed by atoms with Crippen LogP contribution < -0.4 is 10.6 Å². The number of nitrogens with one attached hydrogen (secondary N) is 2. The van der Waals surface area contributed by atoms with Gasteiger partial charge in [0.1, 0.15) is 0 Å². The number of benzene rings is 1. The Morgan fingerprint density at radius 1 is 1.21 bits per heavy atom. The molecule has 19 heavy (non-hydrogen) atoms. The van der Waals surface area contributed by atoms with Gasteiger partial charge in [-0.2, -0.15) is 0 Å². The van der Waals surface area contributed by atoms with Gasteiger partial charge in [-0.25, -0.2) is 0 Å². The molecule has 0 aliphatic carbocycles. The predicted octanol–water partition coefficient (Wildman–Crippen LogP) is 2.61. The standard InChI is InChI=1S/C15H17N3O/c1-11(12-6-5-9-17-10-12)18-15(19)13-7-3-4-8-14(13)16-2/h3-11,16H,1-2H3,(H,18,19). The fraction of sp³-hybridized carbons (Fsp3) is 0.200. The van der Waals surface area contributed by atoms with Gasteiger partial charge in [0, 0.05) is 25.1 Å². The van der Waals surface area contributed by atoms with Crippen LogP contribution >= 0.6 is 0 Å². The first-order valence-corrected chi connectivity index (χ1v) is 6.20. The molecule has 1 aromatic heterocycles. The molecular weight excluding hydrogens is 238 g/mol. The molecule has 0 bridgehead atoms. The van der Waals surface area contributed by atoms with Crippen LogP contribution in [-0.4, -0.2) is 17.9 Å². The van der Waals surface area contributed by atoms with Crippen molar-refractivity contribution in [3.63, 3.8) is 0 Å². The highest BCUT2D eigenvalue weighted by atomic mass is 16.1. The summed E-state index contributed by atoms with van der Waals surface area (Å²) < 4.78 is 0. The van der Waals surface area contributed by atoms with Crippen molar-refractivity contribution in [1.82, 2.24) is 10.3 Å². The summed E-state index contributed by atoms with van der Waals surface area (Å²) >= 11 is 0. The first-order chi connectivity index (χ1) is 9.22. The van der Waals surface area contributed by atoms with Crippen LogP contribution in [0.5, 0.6) is 0 Å². The van der Waals surface area contributed by atoms with Crippen molar-refractivity contribution < 1.29 is 4.79 Å². The lowest BCUT2D eigenvalue weighted by Crippen LogP contribution is -2.27. The largest absolute Gasteiger partial charge is 0.387 e. The van der Waals surface area contributed by atoms with Gasteiger partial charge in [0.05, 0.1) is 11.6 Å².